The van der Waals surface area contributed by atoms with Crippen molar-refractivity contribution in [3.05, 3.63) is 88.5 Å². The van der Waals surface area contributed by atoms with Crippen molar-refractivity contribution < 1.29 is 9.18 Å². The molecule has 0 atom stereocenters. The van der Waals surface area contributed by atoms with Crippen LogP contribution in [0.2, 0.25) is 0 Å². The Hall–Kier alpha value is -3.21. The summed E-state index contributed by atoms with van der Waals surface area (Å²) >= 11 is 0. The number of carbonyl (C=O) groups excluding carboxylic acids is 1. The first-order chi connectivity index (χ1) is 13.8. The van der Waals surface area contributed by atoms with Crippen LogP contribution in [0.3, 0.4) is 0 Å². The van der Waals surface area contributed by atoms with Gasteiger partial charge in [-0.1, -0.05) is 38.1 Å². The van der Waals surface area contributed by atoms with Crippen LogP contribution < -0.4 is 5.43 Å². The number of hydrazone groups is 1. The van der Waals surface area contributed by atoms with E-state index in [1.807, 2.05) is 19.9 Å². The molecule has 0 unspecified atom stereocenters. The Labute approximate surface area is 171 Å². The molecule has 0 bridgehead atoms. The highest BCUT2D eigenvalue weighted by atomic mass is 19.1. The molecule has 3 aromatic rings. The van der Waals surface area contributed by atoms with Gasteiger partial charge in [0.05, 0.1) is 12.6 Å². The van der Waals surface area contributed by atoms with E-state index in [1.54, 1.807) is 18.3 Å². The monoisotopic (exact) mass is 391 g/mol. The molecule has 2 aromatic carbocycles. The third-order valence-electron chi connectivity index (χ3n) is 4.96. The summed E-state index contributed by atoms with van der Waals surface area (Å²) in [5.41, 5.74) is 8.77. The van der Waals surface area contributed by atoms with Gasteiger partial charge in [0.25, 0.3) is 0 Å². The fourth-order valence-corrected chi connectivity index (χ4v) is 3.32. The van der Waals surface area contributed by atoms with Crippen LogP contribution in [0.5, 0.6) is 0 Å². The lowest BCUT2D eigenvalue weighted by Gasteiger charge is -2.12. The van der Waals surface area contributed by atoms with Gasteiger partial charge in [0.2, 0.25) is 5.91 Å². The van der Waals surface area contributed by atoms with E-state index in [0.29, 0.717) is 5.92 Å². The van der Waals surface area contributed by atoms with Crippen molar-refractivity contribution in [2.24, 2.45) is 5.10 Å². The summed E-state index contributed by atoms with van der Waals surface area (Å²) in [6.07, 6.45) is 1.81. The molecule has 0 aliphatic carbocycles. The number of hydrogen-bond acceptors (Lipinski definition) is 2. The third-order valence-corrected chi connectivity index (χ3v) is 4.96. The number of aromatic nitrogens is 1. The average Bonchev–Trinajstić information content (AvgIpc) is 2.97. The molecule has 1 amide bonds. The Bertz CT molecular complexity index is 1020. The van der Waals surface area contributed by atoms with Crippen LogP contribution in [-0.4, -0.2) is 16.7 Å². The Kier molecular flexibility index (Phi) is 6.27. The highest BCUT2D eigenvalue weighted by Crippen LogP contribution is 2.22. The quantitative estimate of drug-likeness (QED) is 0.464. The second kappa shape index (κ2) is 8.86. The van der Waals surface area contributed by atoms with Crippen LogP contribution in [0.25, 0.3) is 5.69 Å². The topological polar surface area (TPSA) is 46.4 Å². The van der Waals surface area contributed by atoms with Gasteiger partial charge in [-0.3, -0.25) is 4.79 Å². The van der Waals surface area contributed by atoms with Gasteiger partial charge in [-0.05, 0) is 61.2 Å². The van der Waals surface area contributed by atoms with Crippen molar-refractivity contribution in [1.29, 1.82) is 0 Å². The van der Waals surface area contributed by atoms with Gasteiger partial charge in [-0.15, -0.1) is 0 Å². The third kappa shape index (κ3) is 4.99. The zero-order valence-corrected chi connectivity index (χ0v) is 17.2. The van der Waals surface area contributed by atoms with Gasteiger partial charge < -0.3 is 4.57 Å². The Morgan fingerprint density at radius 2 is 1.76 bits per heavy atom. The van der Waals surface area contributed by atoms with E-state index in [-0.39, 0.29) is 18.1 Å². The number of nitrogens with one attached hydrogen (secondary N) is 1. The van der Waals surface area contributed by atoms with Crippen LogP contribution >= 0.6 is 0 Å². The lowest BCUT2D eigenvalue weighted by Crippen LogP contribution is -2.19. The zero-order chi connectivity index (χ0) is 21.0. The van der Waals surface area contributed by atoms with Gasteiger partial charge in [-0.25, -0.2) is 9.82 Å². The van der Waals surface area contributed by atoms with Crippen LogP contribution in [0, 0.1) is 19.7 Å². The highest BCUT2D eigenvalue weighted by molar-refractivity contribution is 5.84. The van der Waals surface area contributed by atoms with Crippen molar-refractivity contribution in [2.75, 3.05) is 0 Å². The molecule has 1 heterocycles. The standard InChI is InChI=1S/C24H26FN3O/c1-16(2)20-7-11-23(12-8-20)28-17(3)13-21(18(28)4)15-26-27-24(29)14-19-5-9-22(25)10-6-19/h5-13,15-16H,14H2,1-4H3,(H,27,29)/b26-15+. The van der Waals surface area contributed by atoms with Gasteiger partial charge in [-0.2, -0.15) is 5.10 Å². The van der Waals surface area contributed by atoms with Crippen LogP contribution in [0.4, 0.5) is 4.39 Å². The Morgan fingerprint density at radius 1 is 1.10 bits per heavy atom. The smallest absolute Gasteiger partial charge is 0.244 e. The lowest BCUT2D eigenvalue weighted by atomic mass is 10.0. The van der Waals surface area contributed by atoms with E-state index < -0.39 is 0 Å². The normalized spacial score (nSPS) is 11.4. The van der Waals surface area contributed by atoms with E-state index in [2.05, 4.69) is 53.2 Å². The molecule has 4 nitrogen and oxygen atoms in total. The minimum Gasteiger partial charge on any atom is -0.318 e. The number of hydrogen-bond donors (Lipinski definition) is 1. The molecule has 0 fully saturated rings. The maximum absolute atomic E-state index is 12.9. The molecule has 0 spiro atoms. The number of nitrogens with zero attached hydrogens (tertiary/aromatic N) is 2. The Balaban J connectivity index is 1.69. The molecule has 0 saturated carbocycles. The van der Waals surface area contributed by atoms with Gasteiger partial charge >= 0.3 is 0 Å². The molecule has 3 rings (SSSR count). The fourth-order valence-electron chi connectivity index (χ4n) is 3.32. The number of benzene rings is 2. The summed E-state index contributed by atoms with van der Waals surface area (Å²) in [5.74, 6) is -0.0653. The van der Waals surface area contributed by atoms with E-state index >= 15 is 0 Å². The lowest BCUT2D eigenvalue weighted by molar-refractivity contribution is -0.120. The first kappa shape index (κ1) is 20.5. The number of halogens is 1. The van der Waals surface area contributed by atoms with E-state index in [0.717, 1.165) is 28.2 Å². The second-order valence-electron chi connectivity index (χ2n) is 7.50. The fraction of sp³-hybridized carbons (Fsp3) is 0.250. The summed E-state index contributed by atoms with van der Waals surface area (Å²) < 4.78 is 15.1. The molecule has 5 heteroatoms. The van der Waals surface area contributed by atoms with Gasteiger partial charge in [0, 0.05) is 22.6 Å². The summed E-state index contributed by atoms with van der Waals surface area (Å²) in [7, 11) is 0. The molecule has 29 heavy (non-hydrogen) atoms. The minimum atomic E-state index is -0.318. The van der Waals surface area contributed by atoms with E-state index in [1.165, 1.54) is 17.7 Å². The highest BCUT2D eigenvalue weighted by Gasteiger charge is 2.10. The number of aryl methyl sites for hydroxylation is 1. The maximum atomic E-state index is 12.9. The molecule has 150 valence electrons. The van der Waals surface area contributed by atoms with Crippen molar-refractivity contribution in [2.45, 2.75) is 40.0 Å². The minimum absolute atomic E-state index is 0.152. The summed E-state index contributed by atoms with van der Waals surface area (Å²) in [6.45, 7) is 8.44. The predicted octanol–water partition coefficient (Wildman–Crippen LogP) is 5.05. The maximum Gasteiger partial charge on any atom is 0.244 e. The molecular weight excluding hydrogens is 365 g/mol. The van der Waals surface area contributed by atoms with E-state index in [9.17, 15) is 9.18 Å². The summed E-state index contributed by atoms with van der Waals surface area (Å²) in [4.78, 5) is 12.0. The van der Waals surface area contributed by atoms with Crippen molar-refractivity contribution in [3.63, 3.8) is 0 Å². The molecule has 1 aromatic heterocycles. The first-order valence-electron chi connectivity index (χ1n) is 9.70. The van der Waals surface area contributed by atoms with Crippen LogP contribution in [0.15, 0.2) is 59.7 Å². The van der Waals surface area contributed by atoms with Crippen molar-refractivity contribution >= 4 is 12.1 Å². The van der Waals surface area contributed by atoms with E-state index in [4.69, 9.17) is 0 Å². The average molecular weight is 391 g/mol. The van der Waals surface area contributed by atoms with Crippen molar-refractivity contribution in [3.8, 4) is 5.69 Å². The van der Waals surface area contributed by atoms with Crippen LogP contribution in [-0.2, 0) is 11.2 Å². The number of amides is 1. The molecule has 0 saturated heterocycles. The van der Waals surface area contributed by atoms with Gasteiger partial charge in [0.1, 0.15) is 5.82 Å². The summed E-state index contributed by atoms with van der Waals surface area (Å²) in [6, 6.07) is 16.5. The Morgan fingerprint density at radius 3 is 2.38 bits per heavy atom. The SMILES string of the molecule is Cc1cc(/C=N/NC(=O)Cc2ccc(F)cc2)c(C)n1-c1ccc(C(C)C)cc1. The number of rotatable bonds is 6. The largest absolute Gasteiger partial charge is 0.318 e. The van der Waals surface area contributed by atoms with Gasteiger partial charge in [0.15, 0.2) is 0 Å². The molecule has 0 radical (unpaired) electrons. The first-order valence-corrected chi connectivity index (χ1v) is 9.70. The van der Waals surface area contributed by atoms with Crippen molar-refractivity contribution in [1.82, 2.24) is 9.99 Å². The molecule has 0 aliphatic heterocycles. The van der Waals surface area contributed by atoms with Crippen LogP contribution in [0.1, 0.15) is 47.8 Å². The zero-order valence-electron chi connectivity index (χ0n) is 17.2. The predicted molar refractivity (Wildman–Crippen MR) is 115 cm³/mol. The summed E-state index contributed by atoms with van der Waals surface area (Å²) in [5, 5.41) is 4.09. The number of carbonyl (C=O) groups is 1. The second-order valence-corrected chi connectivity index (χ2v) is 7.50. The molecular formula is C24H26FN3O. The molecule has 1 N–H and O–H groups in total. The molecule has 0 aliphatic rings.